The fraction of sp³-hybridized carbons (Fsp3) is 0.318. The van der Waals surface area contributed by atoms with Gasteiger partial charge in [-0.15, -0.1) is 0 Å². The molecule has 0 aliphatic rings. The fourth-order valence-electron chi connectivity index (χ4n) is 3.16. The molecule has 1 heterocycles. The van der Waals surface area contributed by atoms with Gasteiger partial charge in [0.2, 0.25) is 10.0 Å². The summed E-state index contributed by atoms with van der Waals surface area (Å²) < 4.78 is 27.1. The summed E-state index contributed by atoms with van der Waals surface area (Å²) in [7, 11) is 1.95. The van der Waals surface area contributed by atoms with Crippen molar-refractivity contribution in [2.75, 3.05) is 33.4 Å². The zero-order valence-electron chi connectivity index (χ0n) is 17.5. The fourth-order valence-corrected chi connectivity index (χ4v) is 4.14. The molecule has 0 saturated heterocycles. The van der Waals surface area contributed by atoms with Crippen molar-refractivity contribution >= 4 is 21.6 Å². The van der Waals surface area contributed by atoms with E-state index in [1.807, 2.05) is 72.5 Å². The molecule has 0 fully saturated rings. The van der Waals surface area contributed by atoms with Gasteiger partial charge in [0.05, 0.1) is 17.1 Å². The molecular formula is C22H27ClN4O2S. The van der Waals surface area contributed by atoms with Crippen LogP contribution >= 0.6 is 11.6 Å². The Morgan fingerprint density at radius 1 is 1.00 bits per heavy atom. The minimum Gasteiger partial charge on any atom is -0.302 e. The number of aromatic nitrogens is 2. The SMILES string of the molecule is CN(CCCS(=O)(=O)N(C)C)Cc1cn(-c2ccccc2)nc1-c1ccc(Cl)cc1. The molecule has 1 aromatic heterocycles. The molecule has 0 N–H and O–H groups in total. The van der Waals surface area contributed by atoms with Crippen molar-refractivity contribution in [3.8, 4) is 16.9 Å². The van der Waals surface area contributed by atoms with Crippen LogP contribution in [-0.4, -0.2) is 60.8 Å². The Balaban J connectivity index is 1.80. The first-order valence-electron chi connectivity index (χ1n) is 9.75. The molecule has 30 heavy (non-hydrogen) atoms. The van der Waals surface area contributed by atoms with Crippen molar-refractivity contribution in [2.45, 2.75) is 13.0 Å². The molecule has 6 nitrogen and oxygen atoms in total. The van der Waals surface area contributed by atoms with Crippen LogP contribution < -0.4 is 0 Å². The van der Waals surface area contributed by atoms with Gasteiger partial charge in [-0.25, -0.2) is 17.4 Å². The van der Waals surface area contributed by atoms with Gasteiger partial charge < -0.3 is 4.90 Å². The molecular weight excluding hydrogens is 420 g/mol. The number of hydrogen-bond donors (Lipinski definition) is 0. The zero-order valence-corrected chi connectivity index (χ0v) is 19.1. The Bertz CT molecular complexity index is 1060. The quantitative estimate of drug-likeness (QED) is 0.500. The van der Waals surface area contributed by atoms with Gasteiger partial charge in [0.15, 0.2) is 0 Å². The highest BCUT2D eigenvalue weighted by molar-refractivity contribution is 7.89. The van der Waals surface area contributed by atoms with Crippen LogP contribution in [0.15, 0.2) is 60.8 Å². The van der Waals surface area contributed by atoms with E-state index in [1.165, 1.54) is 4.31 Å². The Hall–Kier alpha value is -2.19. The van der Waals surface area contributed by atoms with Crippen LogP contribution in [0.2, 0.25) is 5.02 Å². The number of rotatable bonds is 9. The second-order valence-corrected chi connectivity index (χ2v) is 10.2. The summed E-state index contributed by atoms with van der Waals surface area (Å²) >= 11 is 6.05. The standard InChI is InChI=1S/C22H27ClN4O2S/c1-25(2)30(28,29)15-7-14-26(3)16-19-17-27(21-8-5-4-6-9-21)24-22(19)18-10-12-20(23)13-11-18/h4-6,8-13,17H,7,14-16H2,1-3H3. The largest absolute Gasteiger partial charge is 0.302 e. The molecule has 0 atom stereocenters. The third kappa shape index (κ3) is 5.70. The van der Waals surface area contributed by atoms with Crippen molar-refractivity contribution < 1.29 is 8.42 Å². The molecule has 0 unspecified atom stereocenters. The molecule has 160 valence electrons. The van der Waals surface area contributed by atoms with Crippen LogP contribution in [0.1, 0.15) is 12.0 Å². The first kappa shape index (κ1) is 22.5. The normalized spacial score (nSPS) is 12.1. The van der Waals surface area contributed by atoms with Crippen LogP contribution in [0.5, 0.6) is 0 Å². The molecule has 3 aromatic rings. The molecule has 0 aliphatic heterocycles. The lowest BCUT2D eigenvalue weighted by Crippen LogP contribution is -2.28. The topological polar surface area (TPSA) is 58.4 Å². The molecule has 8 heteroatoms. The van der Waals surface area contributed by atoms with E-state index >= 15 is 0 Å². The molecule has 0 bridgehead atoms. The van der Waals surface area contributed by atoms with Gasteiger partial charge in [0.25, 0.3) is 0 Å². The van der Waals surface area contributed by atoms with Crippen molar-refractivity contribution in [2.24, 2.45) is 0 Å². The van der Waals surface area contributed by atoms with Gasteiger partial charge in [-0.2, -0.15) is 5.10 Å². The summed E-state index contributed by atoms with van der Waals surface area (Å²) in [5, 5.41) is 5.50. The highest BCUT2D eigenvalue weighted by Gasteiger charge is 2.16. The molecule has 2 aromatic carbocycles. The van der Waals surface area contributed by atoms with Crippen LogP contribution in [0.25, 0.3) is 16.9 Å². The van der Waals surface area contributed by atoms with Crippen LogP contribution in [0, 0.1) is 0 Å². The van der Waals surface area contributed by atoms with Gasteiger partial charge >= 0.3 is 0 Å². The Labute approximate surface area is 183 Å². The average Bonchev–Trinajstić information content (AvgIpc) is 3.12. The van der Waals surface area contributed by atoms with Crippen molar-refractivity contribution in [3.05, 3.63) is 71.4 Å². The molecule has 0 saturated carbocycles. The van der Waals surface area contributed by atoms with Crippen molar-refractivity contribution in [1.29, 1.82) is 0 Å². The maximum Gasteiger partial charge on any atom is 0.213 e. The highest BCUT2D eigenvalue weighted by Crippen LogP contribution is 2.26. The van der Waals surface area contributed by atoms with E-state index < -0.39 is 10.0 Å². The van der Waals surface area contributed by atoms with E-state index in [-0.39, 0.29) is 5.75 Å². The molecule has 3 rings (SSSR count). The number of halogens is 1. The van der Waals surface area contributed by atoms with E-state index in [0.717, 1.165) is 22.5 Å². The predicted octanol–water partition coefficient (Wildman–Crippen LogP) is 3.91. The summed E-state index contributed by atoms with van der Waals surface area (Å²) in [4.78, 5) is 2.12. The van der Waals surface area contributed by atoms with E-state index in [0.29, 0.717) is 24.5 Å². The maximum absolute atomic E-state index is 12.0. The van der Waals surface area contributed by atoms with E-state index in [2.05, 4.69) is 4.90 Å². The molecule has 0 spiro atoms. The minimum atomic E-state index is -3.18. The van der Waals surface area contributed by atoms with E-state index in [9.17, 15) is 8.42 Å². The lowest BCUT2D eigenvalue weighted by molar-refractivity contribution is 0.327. The molecule has 0 amide bonds. The average molecular weight is 447 g/mol. The lowest BCUT2D eigenvalue weighted by Gasteiger charge is -2.17. The van der Waals surface area contributed by atoms with E-state index in [4.69, 9.17) is 16.7 Å². The van der Waals surface area contributed by atoms with Gasteiger partial charge in [-0.3, -0.25) is 0 Å². The van der Waals surface area contributed by atoms with Gasteiger partial charge in [-0.1, -0.05) is 41.9 Å². The third-order valence-electron chi connectivity index (χ3n) is 4.87. The summed E-state index contributed by atoms with van der Waals surface area (Å²) in [5.74, 6) is 0.137. The second-order valence-electron chi connectivity index (χ2n) is 7.48. The smallest absolute Gasteiger partial charge is 0.213 e. The Morgan fingerprint density at radius 2 is 1.67 bits per heavy atom. The summed E-state index contributed by atoms with van der Waals surface area (Å²) in [5.41, 5.74) is 3.94. The van der Waals surface area contributed by atoms with Crippen LogP contribution in [0.3, 0.4) is 0 Å². The number of nitrogens with zero attached hydrogens (tertiary/aromatic N) is 4. The lowest BCUT2D eigenvalue weighted by atomic mass is 10.1. The number of para-hydroxylation sites is 1. The van der Waals surface area contributed by atoms with Gasteiger partial charge in [0, 0.05) is 43.0 Å². The minimum absolute atomic E-state index is 0.137. The highest BCUT2D eigenvalue weighted by atomic mass is 35.5. The maximum atomic E-state index is 12.0. The van der Waals surface area contributed by atoms with Crippen LogP contribution in [0.4, 0.5) is 0 Å². The monoisotopic (exact) mass is 446 g/mol. The third-order valence-corrected chi connectivity index (χ3v) is 7.04. The van der Waals surface area contributed by atoms with Crippen LogP contribution in [-0.2, 0) is 16.6 Å². The number of hydrogen-bond acceptors (Lipinski definition) is 4. The van der Waals surface area contributed by atoms with Gasteiger partial charge in [0.1, 0.15) is 0 Å². The Kier molecular flexibility index (Phi) is 7.31. The summed E-state index contributed by atoms with van der Waals surface area (Å²) in [6, 6.07) is 17.6. The Morgan fingerprint density at radius 3 is 2.30 bits per heavy atom. The summed E-state index contributed by atoms with van der Waals surface area (Å²) in [6.45, 7) is 1.33. The molecule has 0 radical (unpaired) electrons. The summed E-state index contributed by atoms with van der Waals surface area (Å²) in [6.07, 6.45) is 2.60. The number of sulfonamides is 1. The second kappa shape index (κ2) is 9.75. The molecule has 0 aliphatic carbocycles. The first-order valence-corrected chi connectivity index (χ1v) is 11.7. The van der Waals surface area contributed by atoms with E-state index in [1.54, 1.807) is 14.1 Å². The first-order chi connectivity index (χ1) is 14.3. The predicted molar refractivity (Wildman–Crippen MR) is 122 cm³/mol. The number of benzene rings is 2. The van der Waals surface area contributed by atoms with Crippen molar-refractivity contribution in [1.82, 2.24) is 19.0 Å². The van der Waals surface area contributed by atoms with Crippen molar-refractivity contribution in [3.63, 3.8) is 0 Å². The van der Waals surface area contributed by atoms with Gasteiger partial charge in [-0.05, 0) is 44.3 Å². The zero-order chi connectivity index (χ0) is 21.7.